The van der Waals surface area contributed by atoms with E-state index in [-0.39, 0.29) is 17.8 Å². The van der Waals surface area contributed by atoms with Crippen LogP contribution in [0, 0.1) is 0 Å². The van der Waals surface area contributed by atoms with Gasteiger partial charge in [-0.3, -0.25) is 0 Å². The summed E-state index contributed by atoms with van der Waals surface area (Å²) in [6.07, 6.45) is 1.01. The zero-order valence-electron chi connectivity index (χ0n) is 9.31. The first-order valence-electron chi connectivity index (χ1n) is 4.76. The van der Waals surface area contributed by atoms with E-state index in [9.17, 15) is 9.59 Å². The molecule has 1 aliphatic rings. The molecule has 0 spiro atoms. The SMILES string of the molecule is CCOC(=O)C1=C(/C=N/O)C(C)(C)OC1=O. The Bertz CT molecular complexity index is 381. The lowest BCUT2D eigenvalue weighted by molar-refractivity contribution is -0.148. The second-order valence-corrected chi connectivity index (χ2v) is 3.65. The minimum absolute atomic E-state index is 0.152. The van der Waals surface area contributed by atoms with Gasteiger partial charge in [0.1, 0.15) is 5.60 Å². The van der Waals surface area contributed by atoms with Gasteiger partial charge in [0.05, 0.1) is 12.8 Å². The van der Waals surface area contributed by atoms with Crippen LogP contribution in [0.2, 0.25) is 0 Å². The summed E-state index contributed by atoms with van der Waals surface area (Å²) in [6.45, 7) is 4.96. The van der Waals surface area contributed by atoms with Gasteiger partial charge in [-0.25, -0.2) is 9.59 Å². The first-order chi connectivity index (χ1) is 7.44. The lowest BCUT2D eigenvalue weighted by Gasteiger charge is -2.17. The van der Waals surface area contributed by atoms with Crippen molar-refractivity contribution in [2.24, 2.45) is 5.16 Å². The maximum Gasteiger partial charge on any atom is 0.346 e. The van der Waals surface area contributed by atoms with E-state index in [2.05, 4.69) is 5.16 Å². The first kappa shape index (κ1) is 12.2. The topological polar surface area (TPSA) is 85.2 Å². The number of nitrogens with zero attached hydrogens (tertiary/aromatic N) is 1. The summed E-state index contributed by atoms with van der Waals surface area (Å²) in [7, 11) is 0. The Morgan fingerprint density at radius 1 is 1.62 bits per heavy atom. The number of esters is 2. The Morgan fingerprint density at radius 2 is 2.25 bits per heavy atom. The quantitative estimate of drug-likeness (QED) is 0.251. The Balaban J connectivity index is 3.21. The van der Waals surface area contributed by atoms with E-state index in [0.29, 0.717) is 0 Å². The van der Waals surface area contributed by atoms with Gasteiger partial charge in [-0.2, -0.15) is 0 Å². The zero-order valence-corrected chi connectivity index (χ0v) is 9.31. The maximum absolute atomic E-state index is 11.5. The van der Waals surface area contributed by atoms with Crippen LogP contribution in [-0.2, 0) is 19.1 Å². The molecule has 0 aromatic heterocycles. The molecule has 0 fully saturated rings. The number of ether oxygens (including phenoxy) is 2. The summed E-state index contributed by atoms with van der Waals surface area (Å²) in [4.78, 5) is 23.0. The highest BCUT2D eigenvalue weighted by atomic mass is 16.6. The van der Waals surface area contributed by atoms with E-state index in [1.54, 1.807) is 20.8 Å². The van der Waals surface area contributed by atoms with Crippen molar-refractivity contribution in [3.05, 3.63) is 11.1 Å². The van der Waals surface area contributed by atoms with E-state index in [0.717, 1.165) is 6.21 Å². The Hall–Kier alpha value is -1.85. The molecule has 16 heavy (non-hydrogen) atoms. The van der Waals surface area contributed by atoms with Crippen molar-refractivity contribution in [2.45, 2.75) is 26.4 Å². The van der Waals surface area contributed by atoms with Gasteiger partial charge in [-0.1, -0.05) is 5.16 Å². The normalized spacial score (nSPS) is 19.1. The number of carbonyl (C=O) groups excluding carboxylic acids is 2. The van der Waals surface area contributed by atoms with Crippen LogP contribution < -0.4 is 0 Å². The Morgan fingerprint density at radius 3 is 2.75 bits per heavy atom. The number of oxime groups is 1. The number of hydrogen-bond acceptors (Lipinski definition) is 6. The van der Waals surface area contributed by atoms with Crippen molar-refractivity contribution in [3.8, 4) is 0 Å². The van der Waals surface area contributed by atoms with Gasteiger partial charge in [0.15, 0.2) is 5.57 Å². The molecule has 0 bridgehead atoms. The van der Waals surface area contributed by atoms with E-state index >= 15 is 0 Å². The molecule has 1 aliphatic heterocycles. The number of carbonyl (C=O) groups is 2. The predicted octanol–water partition coefficient (Wildman–Crippen LogP) is 0.641. The van der Waals surface area contributed by atoms with Crippen LogP contribution in [0.1, 0.15) is 20.8 Å². The molecule has 0 unspecified atom stereocenters. The van der Waals surface area contributed by atoms with Crippen LogP contribution in [0.5, 0.6) is 0 Å². The molecule has 0 atom stereocenters. The van der Waals surface area contributed by atoms with E-state index in [1.165, 1.54) is 0 Å². The fraction of sp³-hybridized carbons (Fsp3) is 0.500. The highest BCUT2D eigenvalue weighted by molar-refractivity contribution is 6.20. The second kappa shape index (κ2) is 4.34. The van der Waals surface area contributed by atoms with Crippen LogP contribution in [-0.4, -0.2) is 35.6 Å². The minimum Gasteiger partial charge on any atom is -0.462 e. The van der Waals surface area contributed by atoms with E-state index in [4.69, 9.17) is 14.7 Å². The fourth-order valence-corrected chi connectivity index (χ4v) is 1.42. The van der Waals surface area contributed by atoms with Gasteiger partial charge in [0, 0.05) is 5.57 Å². The molecular weight excluding hydrogens is 214 g/mol. The minimum atomic E-state index is -0.995. The highest BCUT2D eigenvalue weighted by Gasteiger charge is 2.43. The summed E-state index contributed by atoms with van der Waals surface area (Å²) in [5.74, 6) is -1.54. The van der Waals surface area contributed by atoms with E-state index < -0.39 is 17.5 Å². The van der Waals surface area contributed by atoms with Crippen LogP contribution in [0.15, 0.2) is 16.3 Å². The summed E-state index contributed by atoms with van der Waals surface area (Å²) in [5.41, 5.74) is -1.01. The molecule has 6 nitrogen and oxygen atoms in total. The monoisotopic (exact) mass is 227 g/mol. The number of cyclic esters (lactones) is 1. The average molecular weight is 227 g/mol. The molecule has 0 amide bonds. The molecule has 0 aromatic carbocycles. The zero-order chi connectivity index (χ0) is 12.3. The molecule has 1 heterocycles. The lowest BCUT2D eigenvalue weighted by atomic mass is 9.97. The lowest BCUT2D eigenvalue weighted by Crippen LogP contribution is -2.23. The summed E-state index contributed by atoms with van der Waals surface area (Å²) in [5, 5.41) is 11.3. The molecule has 0 aromatic rings. The molecule has 1 rings (SSSR count). The third-order valence-corrected chi connectivity index (χ3v) is 2.14. The maximum atomic E-state index is 11.5. The van der Waals surface area contributed by atoms with Crippen LogP contribution in [0.25, 0.3) is 0 Å². The fourth-order valence-electron chi connectivity index (χ4n) is 1.42. The molecule has 0 aliphatic carbocycles. The predicted molar refractivity (Wildman–Crippen MR) is 54.1 cm³/mol. The van der Waals surface area contributed by atoms with Crippen LogP contribution >= 0.6 is 0 Å². The molecule has 0 saturated carbocycles. The van der Waals surface area contributed by atoms with Crippen molar-refractivity contribution in [1.29, 1.82) is 0 Å². The van der Waals surface area contributed by atoms with Crippen molar-refractivity contribution >= 4 is 18.2 Å². The first-order valence-corrected chi connectivity index (χ1v) is 4.76. The molecule has 6 heteroatoms. The van der Waals surface area contributed by atoms with Crippen molar-refractivity contribution in [1.82, 2.24) is 0 Å². The smallest absolute Gasteiger partial charge is 0.346 e. The molecular formula is C10H13NO5. The molecule has 1 N–H and O–H groups in total. The molecule has 88 valence electrons. The standard InChI is InChI=1S/C10H13NO5/c1-4-15-8(12)7-6(5-11-14)10(2,3)16-9(7)13/h5,14H,4H2,1-3H3/b11-5+. The summed E-state index contributed by atoms with van der Waals surface area (Å²) < 4.78 is 9.70. The number of rotatable bonds is 3. The number of hydrogen-bond donors (Lipinski definition) is 1. The van der Waals surface area contributed by atoms with Crippen molar-refractivity contribution in [3.63, 3.8) is 0 Å². The van der Waals surface area contributed by atoms with Crippen molar-refractivity contribution < 1.29 is 24.3 Å². The van der Waals surface area contributed by atoms with Gasteiger partial charge < -0.3 is 14.7 Å². The Kier molecular flexibility index (Phi) is 3.31. The van der Waals surface area contributed by atoms with Crippen molar-refractivity contribution in [2.75, 3.05) is 6.61 Å². The van der Waals surface area contributed by atoms with Crippen LogP contribution in [0.4, 0.5) is 0 Å². The van der Waals surface area contributed by atoms with Gasteiger partial charge in [-0.05, 0) is 20.8 Å². The second-order valence-electron chi connectivity index (χ2n) is 3.65. The third kappa shape index (κ3) is 2.05. The molecule has 0 radical (unpaired) electrons. The van der Waals surface area contributed by atoms with Gasteiger partial charge >= 0.3 is 11.9 Å². The summed E-state index contributed by atoms with van der Waals surface area (Å²) >= 11 is 0. The average Bonchev–Trinajstić information content (AvgIpc) is 2.37. The van der Waals surface area contributed by atoms with Gasteiger partial charge in [0.2, 0.25) is 0 Å². The van der Waals surface area contributed by atoms with Gasteiger partial charge in [0.25, 0.3) is 0 Å². The Labute approximate surface area is 92.5 Å². The van der Waals surface area contributed by atoms with Gasteiger partial charge in [-0.15, -0.1) is 0 Å². The largest absolute Gasteiger partial charge is 0.462 e. The third-order valence-electron chi connectivity index (χ3n) is 2.14. The van der Waals surface area contributed by atoms with E-state index in [1.807, 2.05) is 0 Å². The summed E-state index contributed by atoms with van der Waals surface area (Å²) in [6, 6.07) is 0. The molecule has 0 saturated heterocycles. The highest BCUT2D eigenvalue weighted by Crippen LogP contribution is 2.31. The van der Waals surface area contributed by atoms with Crippen LogP contribution in [0.3, 0.4) is 0 Å².